The third-order valence-corrected chi connectivity index (χ3v) is 4.02. The van der Waals surface area contributed by atoms with Gasteiger partial charge in [0.1, 0.15) is 6.04 Å². The fraction of sp³-hybridized carbons (Fsp3) is 0.500. The van der Waals surface area contributed by atoms with E-state index in [-0.39, 0.29) is 30.3 Å². The number of nitrogens with zero attached hydrogens (tertiary/aromatic N) is 1. The Morgan fingerprint density at radius 2 is 1.91 bits per heavy atom. The highest BCUT2D eigenvalue weighted by atomic mass is 35.5. The maximum atomic E-state index is 12.3. The Bertz CT molecular complexity index is 519. The molecule has 120 valence electrons. The Labute approximate surface area is 136 Å². The number of anilines is 1. The van der Waals surface area contributed by atoms with Gasteiger partial charge in [0.15, 0.2) is 0 Å². The summed E-state index contributed by atoms with van der Waals surface area (Å²) in [4.78, 5) is 25.9. The first-order valence-electron chi connectivity index (χ1n) is 7.60. The molecule has 1 aliphatic carbocycles. The van der Waals surface area contributed by atoms with Gasteiger partial charge in [-0.25, -0.2) is 0 Å². The van der Waals surface area contributed by atoms with Crippen LogP contribution in [0.5, 0.6) is 0 Å². The van der Waals surface area contributed by atoms with E-state index in [9.17, 15) is 9.59 Å². The van der Waals surface area contributed by atoms with Gasteiger partial charge in [-0.15, -0.1) is 12.4 Å². The molecular weight excluding hydrogens is 302 g/mol. The molecule has 0 radical (unpaired) electrons. The van der Waals surface area contributed by atoms with E-state index < -0.39 is 0 Å². The van der Waals surface area contributed by atoms with Gasteiger partial charge < -0.3 is 15.5 Å². The molecule has 1 saturated heterocycles. The smallest absolute Gasteiger partial charge is 0.249 e. The molecule has 1 aromatic carbocycles. The number of carbonyl (C=O) groups excluding carboxylic acids is 2. The number of benzene rings is 1. The van der Waals surface area contributed by atoms with Crippen LogP contribution in [0.4, 0.5) is 5.69 Å². The minimum absolute atomic E-state index is 0. The van der Waals surface area contributed by atoms with Crippen LogP contribution < -0.4 is 15.5 Å². The number of hydrogen-bond acceptors (Lipinski definition) is 3. The molecule has 1 atom stereocenters. The minimum atomic E-state index is -0.388. The first-order chi connectivity index (χ1) is 10.2. The summed E-state index contributed by atoms with van der Waals surface area (Å²) < 4.78 is 0. The van der Waals surface area contributed by atoms with E-state index >= 15 is 0 Å². The largest absolute Gasteiger partial charge is 0.343 e. The molecule has 1 saturated carbocycles. The summed E-state index contributed by atoms with van der Waals surface area (Å²) in [5.74, 6) is 0.639. The zero-order valence-corrected chi connectivity index (χ0v) is 13.3. The second kappa shape index (κ2) is 7.61. The van der Waals surface area contributed by atoms with Crippen molar-refractivity contribution in [1.29, 1.82) is 0 Å². The Balaban J connectivity index is 0.00000176. The monoisotopic (exact) mass is 323 g/mol. The maximum absolute atomic E-state index is 12.3. The number of carbonyl (C=O) groups is 2. The first kappa shape index (κ1) is 16.8. The molecule has 22 heavy (non-hydrogen) atoms. The second-order valence-corrected chi connectivity index (χ2v) is 5.81. The van der Waals surface area contributed by atoms with Crippen molar-refractivity contribution >= 4 is 29.9 Å². The van der Waals surface area contributed by atoms with Gasteiger partial charge >= 0.3 is 0 Å². The lowest BCUT2D eigenvalue weighted by molar-refractivity contribution is -0.125. The Kier molecular flexibility index (Phi) is 5.80. The molecule has 0 spiro atoms. The molecule has 6 heteroatoms. The van der Waals surface area contributed by atoms with Crippen molar-refractivity contribution in [2.75, 3.05) is 24.5 Å². The van der Waals surface area contributed by atoms with E-state index in [1.807, 2.05) is 30.3 Å². The maximum Gasteiger partial charge on any atom is 0.249 e. The highest BCUT2D eigenvalue weighted by Crippen LogP contribution is 2.27. The summed E-state index contributed by atoms with van der Waals surface area (Å²) in [6, 6.07) is 9.19. The predicted molar refractivity (Wildman–Crippen MR) is 88.2 cm³/mol. The van der Waals surface area contributed by atoms with E-state index in [0.29, 0.717) is 19.5 Å². The van der Waals surface area contributed by atoms with Gasteiger partial charge in [-0.05, 0) is 43.9 Å². The van der Waals surface area contributed by atoms with Gasteiger partial charge in [0.2, 0.25) is 11.8 Å². The second-order valence-electron chi connectivity index (χ2n) is 5.81. The summed E-state index contributed by atoms with van der Waals surface area (Å²) >= 11 is 0. The Morgan fingerprint density at radius 3 is 2.59 bits per heavy atom. The molecule has 1 aliphatic heterocycles. The van der Waals surface area contributed by atoms with Crippen LogP contribution in [0.2, 0.25) is 0 Å². The lowest BCUT2D eigenvalue weighted by Crippen LogP contribution is -2.45. The van der Waals surface area contributed by atoms with Crippen molar-refractivity contribution in [3.8, 4) is 0 Å². The molecule has 5 nitrogen and oxygen atoms in total. The standard InChI is InChI=1S/C16H21N3O2.ClH/c20-15(11-17-10-12-6-7-12)18-14-8-9-19(16(14)21)13-4-2-1-3-5-13;/h1-5,12,14,17H,6-11H2,(H,18,20);1H. The van der Waals surface area contributed by atoms with Gasteiger partial charge in [-0.2, -0.15) is 0 Å². The first-order valence-corrected chi connectivity index (χ1v) is 7.60. The van der Waals surface area contributed by atoms with Gasteiger partial charge in [-0.1, -0.05) is 18.2 Å². The van der Waals surface area contributed by atoms with Crippen LogP contribution in [0, 0.1) is 5.92 Å². The molecule has 2 N–H and O–H groups in total. The van der Waals surface area contributed by atoms with Gasteiger partial charge in [0.25, 0.3) is 0 Å². The van der Waals surface area contributed by atoms with Gasteiger partial charge in [0.05, 0.1) is 6.54 Å². The molecular formula is C16H22ClN3O2. The van der Waals surface area contributed by atoms with Gasteiger partial charge in [0, 0.05) is 12.2 Å². The number of halogens is 1. The lowest BCUT2D eigenvalue weighted by atomic mass is 10.2. The predicted octanol–water partition coefficient (Wildman–Crippen LogP) is 1.33. The number of rotatable bonds is 6. The molecule has 1 aromatic rings. The topological polar surface area (TPSA) is 61.4 Å². The molecule has 1 unspecified atom stereocenters. The number of nitrogens with one attached hydrogen (secondary N) is 2. The van der Waals surface area contributed by atoms with E-state index in [1.165, 1.54) is 12.8 Å². The molecule has 2 amide bonds. The van der Waals surface area contributed by atoms with Crippen LogP contribution >= 0.6 is 12.4 Å². The van der Waals surface area contributed by atoms with E-state index in [2.05, 4.69) is 10.6 Å². The van der Waals surface area contributed by atoms with Gasteiger partial charge in [-0.3, -0.25) is 9.59 Å². The van der Waals surface area contributed by atoms with Crippen molar-refractivity contribution in [3.05, 3.63) is 30.3 Å². The zero-order chi connectivity index (χ0) is 14.7. The van der Waals surface area contributed by atoms with E-state index in [0.717, 1.165) is 18.2 Å². The van der Waals surface area contributed by atoms with Crippen molar-refractivity contribution in [3.63, 3.8) is 0 Å². The summed E-state index contributed by atoms with van der Waals surface area (Å²) in [5, 5.41) is 5.97. The number of para-hydroxylation sites is 1. The molecule has 0 bridgehead atoms. The molecule has 2 fully saturated rings. The van der Waals surface area contributed by atoms with Crippen molar-refractivity contribution < 1.29 is 9.59 Å². The number of hydrogen-bond donors (Lipinski definition) is 2. The minimum Gasteiger partial charge on any atom is -0.343 e. The molecule has 0 aromatic heterocycles. The van der Waals surface area contributed by atoms with Crippen LogP contribution in [0.1, 0.15) is 19.3 Å². The highest BCUT2D eigenvalue weighted by Gasteiger charge is 2.33. The normalized spacial score (nSPS) is 20.6. The number of amides is 2. The zero-order valence-electron chi connectivity index (χ0n) is 12.5. The van der Waals surface area contributed by atoms with Crippen LogP contribution in [0.15, 0.2) is 30.3 Å². The fourth-order valence-electron chi connectivity index (χ4n) is 2.64. The average Bonchev–Trinajstić information content (AvgIpc) is 3.25. The van der Waals surface area contributed by atoms with Crippen molar-refractivity contribution in [1.82, 2.24) is 10.6 Å². The van der Waals surface area contributed by atoms with E-state index in [1.54, 1.807) is 4.90 Å². The van der Waals surface area contributed by atoms with Crippen molar-refractivity contribution in [2.45, 2.75) is 25.3 Å². The van der Waals surface area contributed by atoms with Crippen LogP contribution in [0.25, 0.3) is 0 Å². The van der Waals surface area contributed by atoms with Crippen molar-refractivity contribution in [2.24, 2.45) is 5.92 Å². The quantitative estimate of drug-likeness (QED) is 0.830. The fourth-order valence-corrected chi connectivity index (χ4v) is 2.64. The third kappa shape index (κ3) is 4.21. The van der Waals surface area contributed by atoms with E-state index in [4.69, 9.17) is 0 Å². The third-order valence-electron chi connectivity index (χ3n) is 4.02. The summed E-state index contributed by atoms with van der Waals surface area (Å²) in [7, 11) is 0. The van der Waals surface area contributed by atoms with Crippen LogP contribution in [-0.4, -0.2) is 37.5 Å². The van der Waals surface area contributed by atoms with Crippen LogP contribution in [0.3, 0.4) is 0 Å². The Hall–Kier alpha value is -1.59. The summed E-state index contributed by atoms with van der Waals surface area (Å²) in [6.07, 6.45) is 3.20. The average molecular weight is 324 g/mol. The summed E-state index contributed by atoms with van der Waals surface area (Å²) in [6.45, 7) is 1.86. The molecule has 2 aliphatic rings. The SMILES string of the molecule is Cl.O=C(CNCC1CC1)NC1CCN(c2ccccc2)C1=O. The van der Waals surface area contributed by atoms with Crippen LogP contribution in [-0.2, 0) is 9.59 Å². The molecule has 3 rings (SSSR count). The highest BCUT2D eigenvalue weighted by molar-refractivity contribution is 6.01. The lowest BCUT2D eigenvalue weighted by Gasteiger charge is -2.17. The Morgan fingerprint density at radius 1 is 1.18 bits per heavy atom. The molecule has 1 heterocycles. The summed E-state index contributed by atoms with van der Waals surface area (Å²) in [5.41, 5.74) is 0.895.